The lowest BCUT2D eigenvalue weighted by Crippen LogP contribution is -2.17. The van der Waals surface area contributed by atoms with Gasteiger partial charge in [0, 0.05) is 16.7 Å². The highest BCUT2D eigenvalue weighted by Crippen LogP contribution is 2.16. The van der Waals surface area contributed by atoms with Crippen LogP contribution in [0.2, 0.25) is 5.15 Å². The molecule has 3 nitrogen and oxygen atoms in total. The Hall–Kier alpha value is -1.13. The third kappa shape index (κ3) is 2.93. The molecule has 0 aliphatic heterocycles. The van der Waals surface area contributed by atoms with Gasteiger partial charge in [0.2, 0.25) is 0 Å². The third-order valence-electron chi connectivity index (χ3n) is 2.08. The van der Waals surface area contributed by atoms with Crippen LogP contribution >= 0.6 is 23.4 Å². The fraction of sp³-hybridized carbons (Fsp3) is 0.182. The fourth-order valence-corrected chi connectivity index (χ4v) is 2.39. The first-order chi connectivity index (χ1) is 7.75. The Bertz CT molecular complexity index is 506. The minimum absolute atomic E-state index is 0.0846. The van der Waals surface area contributed by atoms with Crippen molar-refractivity contribution < 1.29 is 0 Å². The molecule has 0 radical (unpaired) electrons. The van der Waals surface area contributed by atoms with Crippen molar-refractivity contribution in [3.8, 4) is 0 Å². The van der Waals surface area contributed by atoms with Crippen molar-refractivity contribution in [2.45, 2.75) is 11.4 Å². The Labute approximate surface area is 102 Å². The number of aromatic nitrogens is 2. The van der Waals surface area contributed by atoms with Crippen molar-refractivity contribution in [3.63, 3.8) is 0 Å². The molecule has 1 aromatic carbocycles. The van der Waals surface area contributed by atoms with E-state index >= 15 is 0 Å². The third-order valence-corrected chi connectivity index (χ3v) is 3.27. The molecule has 0 amide bonds. The highest BCUT2D eigenvalue weighted by atomic mass is 35.5. The lowest BCUT2D eigenvalue weighted by atomic mass is 10.4. The van der Waals surface area contributed by atoms with Crippen molar-refractivity contribution in [1.82, 2.24) is 9.78 Å². The van der Waals surface area contributed by atoms with Crippen LogP contribution in [-0.2, 0) is 6.54 Å². The topological polar surface area (TPSA) is 37.8 Å². The molecule has 1 heterocycles. The Morgan fingerprint density at radius 2 is 2.06 bits per heavy atom. The van der Waals surface area contributed by atoms with Crippen molar-refractivity contribution >= 4 is 23.4 Å². The first kappa shape index (κ1) is 11.4. The average Bonchev–Trinajstić information content (AvgIpc) is 2.59. The fourth-order valence-electron chi connectivity index (χ4n) is 1.34. The number of thioether (sulfide) groups is 1. The van der Waals surface area contributed by atoms with Crippen molar-refractivity contribution in [3.05, 3.63) is 51.9 Å². The predicted octanol–water partition coefficient (Wildman–Crippen LogP) is 2.62. The summed E-state index contributed by atoms with van der Waals surface area (Å²) in [6.07, 6.45) is 0. The Kier molecular flexibility index (Phi) is 3.74. The van der Waals surface area contributed by atoms with Crippen LogP contribution in [-0.4, -0.2) is 15.5 Å². The number of hydrogen-bond acceptors (Lipinski definition) is 2. The number of H-pyrrole nitrogens is 1. The Morgan fingerprint density at radius 1 is 1.31 bits per heavy atom. The number of hydrogen-bond donors (Lipinski definition) is 1. The molecule has 1 N–H and O–H groups in total. The molecule has 0 fully saturated rings. The van der Waals surface area contributed by atoms with E-state index in [1.165, 1.54) is 15.6 Å². The van der Waals surface area contributed by atoms with Crippen LogP contribution < -0.4 is 5.56 Å². The molecule has 0 atom stereocenters. The van der Waals surface area contributed by atoms with Crippen LogP contribution in [0.5, 0.6) is 0 Å². The van der Waals surface area contributed by atoms with E-state index in [0.717, 1.165) is 5.75 Å². The number of benzene rings is 1. The summed E-state index contributed by atoms with van der Waals surface area (Å²) in [6, 6.07) is 11.5. The van der Waals surface area contributed by atoms with Crippen LogP contribution in [0.25, 0.3) is 0 Å². The molecule has 0 unspecified atom stereocenters. The van der Waals surface area contributed by atoms with Gasteiger partial charge in [0.15, 0.2) is 0 Å². The van der Waals surface area contributed by atoms with Gasteiger partial charge in [-0.1, -0.05) is 29.8 Å². The van der Waals surface area contributed by atoms with E-state index in [1.807, 2.05) is 18.2 Å². The second-order valence-corrected chi connectivity index (χ2v) is 4.83. The molecular weight excluding hydrogens is 244 g/mol. The van der Waals surface area contributed by atoms with Gasteiger partial charge in [-0.2, -0.15) is 0 Å². The van der Waals surface area contributed by atoms with E-state index in [4.69, 9.17) is 11.6 Å². The summed E-state index contributed by atoms with van der Waals surface area (Å²) in [6.45, 7) is 0.630. The monoisotopic (exact) mass is 254 g/mol. The molecule has 16 heavy (non-hydrogen) atoms. The predicted molar refractivity (Wildman–Crippen MR) is 67.2 cm³/mol. The summed E-state index contributed by atoms with van der Waals surface area (Å²) in [4.78, 5) is 12.5. The van der Waals surface area contributed by atoms with E-state index in [2.05, 4.69) is 17.2 Å². The maximum atomic E-state index is 11.3. The zero-order valence-corrected chi connectivity index (χ0v) is 10.1. The first-order valence-electron chi connectivity index (χ1n) is 4.89. The second kappa shape index (κ2) is 5.27. The molecule has 0 bridgehead atoms. The summed E-state index contributed by atoms with van der Waals surface area (Å²) >= 11 is 7.39. The van der Waals surface area contributed by atoms with Crippen molar-refractivity contribution in [1.29, 1.82) is 0 Å². The van der Waals surface area contributed by atoms with Crippen LogP contribution in [0, 0.1) is 0 Å². The summed E-state index contributed by atoms with van der Waals surface area (Å²) < 4.78 is 1.51. The van der Waals surface area contributed by atoms with Gasteiger partial charge in [0.25, 0.3) is 5.56 Å². The van der Waals surface area contributed by atoms with Gasteiger partial charge in [0.1, 0.15) is 5.15 Å². The summed E-state index contributed by atoms with van der Waals surface area (Å²) in [5, 5.41) is 3.17. The summed E-state index contributed by atoms with van der Waals surface area (Å²) in [5.41, 5.74) is -0.0846. The van der Waals surface area contributed by atoms with Crippen LogP contribution in [0.4, 0.5) is 0 Å². The van der Waals surface area contributed by atoms with E-state index < -0.39 is 0 Å². The van der Waals surface area contributed by atoms with E-state index in [1.54, 1.807) is 11.8 Å². The largest absolute Gasteiger partial charge is 0.285 e. The molecule has 2 aromatic rings. The molecule has 0 saturated heterocycles. The normalized spacial score (nSPS) is 10.6. The maximum Gasteiger partial charge on any atom is 0.268 e. The quantitative estimate of drug-likeness (QED) is 0.852. The minimum atomic E-state index is -0.0846. The van der Waals surface area contributed by atoms with Crippen LogP contribution in [0.3, 0.4) is 0 Å². The van der Waals surface area contributed by atoms with Crippen LogP contribution in [0.15, 0.2) is 46.1 Å². The van der Waals surface area contributed by atoms with Gasteiger partial charge >= 0.3 is 0 Å². The van der Waals surface area contributed by atoms with Gasteiger partial charge in [-0.25, -0.2) is 0 Å². The Morgan fingerprint density at radius 3 is 2.69 bits per heavy atom. The molecular formula is C11H11ClN2OS. The minimum Gasteiger partial charge on any atom is -0.285 e. The average molecular weight is 255 g/mol. The molecule has 0 aliphatic rings. The zero-order chi connectivity index (χ0) is 11.4. The van der Waals surface area contributed by atoms with Gasteiger partial charge in [-0.15, -0.1) is 11.8 Å². The number of aryl methyl sites for hydroxylation is 1. The second-order valence-electron chi connectivity index (χ2n) is 3.26. The standard InChI is InChI=1S/C11H11ClN2OS/c12-10-8-11(15)14(13-10)6-7-16-9-4-2-1-3-5-9/h1-5,8,13H,6-7H2. The number of rotatable bonds is 4. The SMILES string of the molecule is O=c1cc(Cl)[nH]n1CCSc1ccccc1. The molecule has 0 aliphatic carbocycles. The van der Waals surface area contributed by atoms with E-state index in [9.17, 15) is 4.79 Å². The maximum absolute atomic E-state index is 11.3. The lowest BCUT2D eigenvalue weighted by Gasteiger charge is -2.02. The molecule has 0 saturated carbocycles. The summed E-state index contributed by atoms with van der Waals surface area (Å²) in [7, 11) is 0. The first-order valence-corrected chi connectivity index (χ1v) is 6.25. The number of nitrogens with zero attached hydrogens (tertiary/aromatic N) is 1. The van der Waals surface area contributed by atoms with Gasteiger partial charge in [-0.05, 0) is 12.1 Å². The molecule has 5 heteroatoms. The highest BCUT2D eigenvalue weighted by Gasteiger charge is 2.00. The van der Waals surface area contributed by atoms with E-state index in [0.29, 0.717) is 11.7 Å². The van der Waals surface area contributed by atoms with Crippen LogP contribution in [0.1, 0.15) is 0 Å². The molecule has 2 rings (SSSR count). The van der Waals surface area contributed by atoms with Gasteiger partial charge in [0.05, 0.1) is 6.54 Å². The lowest BCUT2D eigenvalue weighted by molar-refractivity contribution is 0.645. The number of nitrogens with one attached hydrogen (secondary N) is 1. The summed E-state index contributed by atoms with van der Waals surface area (Å²) in [5.74, 6) is 0.834. The van der Waals surface area contributed by atoms with E-state index in [-0.39, 0.29) is 5.56 Å². The van der Waals surface area contributed by atoms with Crippen molar-refractivity contribution in [2.24, 2.45) is 0 Å². The van der Waals surface area contributed by atoms with Gasteiger partial charge in [-0.3, -0.25) is 14.6 Å². The highest BCUT2D eigenvalue weighted by molar-refractivity contribution is 7.99. The molecule has 84 valence electrons. The van der Waals surface area contributed by atoms with Crippen molar-refractivity contribution in [2.75, 3.05) is 5.75 Å². The Balaban J connectivity index is 1.89. The number of halogens is 1. The zero-order valence-electron chi connectivity index (χ0n) is 8.52. The smallest absolute Gasteiger partial charge is 0.268 e. The molecule has 0 spiro atoms. The number of aromatic amines is 1. The molecule has 1 aromatic heterocycles. The van der Waals surface area contributed by atoms with Gasteiger partial charge < -0.3 is 0 Å².